The van der Waals surface area contributed by atoms with E-state index in [4.69, 9.17) is 0 Å². The molecule has 22 heavy (non-hydrogen) atoms. The highest BCUT2D eigenvalue weighted by molar-refractivity contribution is 7.89. The fourth-order valence-corrected chi connectivity index (χ4v) is 4.82. The molecule has 2 rings (SSSR count). The molecular weight excluding hydrogens is 302 g/mol. The first-order chi connectivity index (χ1) is 10.5. The molecule has 2 heterocycles. The molecule has 0 spiro atoms. The lowest BCUT2D eigenvalue weighted by Gasteiger charge is -2.32. The lowest BCUT2D eigenvalue weighted by Crippen LogP contribution is -2.49. The first kappa shape index (κ1) is 17.7. The number of nitrogens with one attached hydrogen (secondary N) is 2. The van der Waals surface area contributed by atoms with Crippen molar-refractivity contribution in [2.75, 3.05) is 31.9 Å². The van der Waals surface area contributed by atoms with Gasteiger partial charge in [0.2, 0.25) is 15.9 Å². The first-order valence-electron chi connectivity index (χ1n) is 8.52. The molecule has 2 aliphatic rings. The van der Waals surface area contributed by atoms with Gasteiger partial charge in [0.1, 0.15) is 0 Å². The summed E-state index contributed by atoms with van der Waals surface area (Å²) in [5, 5.41) is 6.39. The van der Waals surface area contributed by atoms with Crippen LogP contribution in [0.25, 0.3) is 0 Å². The number of carbonyl (C=O) groups is 1. The normalized spacial score (nSPS) is 25.0. The predicted molar refractivity (Wildman–Crippen MR) is 87.0 cm³/mol. The second-order valence-electron chi connectivity index (χ2n) is 6.39. The fraction of sp³-hybridized carbons (Fsp3) is 0.933. The molecule has 7 heteroatoms. The molecule has 1 unspecified atom stereocenters. The third-order valence-electron chi connectivity index (χ3n) is 4.62. The van der Waals surface area contributed by atoms with Crippen molar-refractivity contribution in [3.63, 3.8) is 0 Å². The molecule has 0 aromatic rings. The number of nitrogens with zero attached hydrogens (tertiary/aromatic N) is 1. The maximum atomic E-state index is 12.3. The molecule has 0 aliphatic carbocycles. The van der Waals surface area contributed by atoms with Gasteiger partial charge < -0.3 is 10.6 Å². The van der Waals surface area contributed by atoms with Crippen molar-refractivity contribution in [2.24, 2.45) is 5.92 Å². The van der Waals surface area contributed by atoms with Crippen LogP contribution in [0.3, 0.4) is 0 Å². The number of rotatable bonds is 6. The minimum absolute atomic E-state index is 0.0421. The van der Waals surface area contributed by atoms with Crippen molar-refractivity contribution >= 4 is 15.9 Å². The Hall–Kier alpha value is -0.660. The number of piperidine rings is 2. The Labute approximate surface area is 134 Å². The molecule has 2 saturated heterocycles. The maximum Gasteiger partial charge on any atom is 0.223 e. The molecule has 2 aliphatic heterocycles. The first-order valence-corrected chi connectivity index (χ1v) is 10.1. The summed E-state index contributed by atoms with van der Waals surface area (Å²) in [5.74, 6) is 0.285. The zero-order valence-corrected chi connectivity index (χ0v) is 14.3. The van der Waals surface area contributed by atoms with E-state index in [0.29, 0.717) is 32.4 Å². The number of hydrogen-bond acceptors (Lipinski definition) is 4. The van der Waals surface area contributed by atoms with Gasteiger partial charge in [-0.15, -0.1) is 0 Å². The van der Waals surface area contributed by atoms with Crippen LogP contribution < -0.4 is 10.6 Å². The van der Waals surface area contributed by atoms with Gasteiger partial charge in [-0.3, -0.25) is 4.79 Å². The van der Waals surface area contributed by atoms with Gasteiger partial charge in [0.25, 0.3) is 0 Å². The Morgan fingerprint density at radius 3 is 2.59 bits per heavy atom. The highest BCUT2D eigenvalue weighted by Gasteiger charge is 2.31. The van der Waals surface area contributed by atoms with Crippen LogP contribution in [0.15, 0.2) is 0 Å². The highest BCUT2D eigenvalue weighted by atomic mass is 32.2. The molecule has 0 radical (unpaired) electrons. The summed E-state index contributed by atoms with van der Waals surface area (Å²) in [6.07, 6.45) is 4.99. The summed E-state index contributed by atoms with van der Waals surface area (Å²) in [5.41, 5.74) is 0. The van der Waals surface area contributed by atoms with Crippen LogP contribution >= 0.6 is 0 Å². The average molecular weight is 331 g/mol. The lowest BCUT2D eigenvalue weighted by atomic mass is 9.96. The molecule has 2 fully saturated rings. The van der Waals surface area contributed by atoms with Crippen LogP contribution in [0.5, 0.6) is 0 Å². The van der Waals surface area contributed by atoms with Gasteiger partial charge in [-0.1, -0.05) is 13.3 Å². The highest BCUT2D eigenvalue weighted by Crippen LogP contribution is 2.21. The average Bonchev–Trinajstić information content (AvgIpc) is 2.54. The third kappa shape index (κ3) is 4.93. The Balaban J connectivity index is 1.77. The molecule has 0 aromatic heterocycles. The van der Waals surface area contributed by atoms with Crippen LogP contribution in [-0.4, -0.2) is 56.6 Å². The predicted octanol–water partition coefficient (Wildman–Crippen LogP) is 0.697. The summed E-state index contributed by atoms with van der Waals surface area (Å²) in [6, 6.07) is 0.229. The van der Waals surface area contributed by atoms with Crippen molar-refractivity contribution in [1.29, 1.82) is 0 Å². The van der Waals surface area contributed by atoms with E-state index in [2.05, 4.69) is 10.6 Å². The molecule has 1 atom stereocenters. The van der Waals surface area contributed by atoms with E-state index in [1.165, 1.54) is 0 Å². The maximum absolute atomic E-state index is 12.3. The van der Waals surface area contributed by atoms with Gasteiger partial charge in [-0.05, 0) is 38.6 Å². The van der Waals surface area contributed by atoms with Crippen molar-refractivity contribution in [1.82, 2.24) is 14.9 Å². The standard InChI is InChI=1S/C15H29N3O3S/c1-2-3-11-22(20,21)18-9-6-13(7-10-18)15(19)17-14-5-4-8-16-12-14/h13-14,16H,2-12H2,1H3,(H,17,19). The summed E-state index contributed by atoms with van der Waals surface area (Å²) in [4.78, 5) is 12.3. The zero-order chi connectivity index (χ0) is 16.0. The number of hydrogen-bond donors (Lipinski definition) is 2. The summed E-state index contributed by atoms with van der Waals surface area (Å²) in [6.45, 7) is 4.82. The van der Waals surface area contributed by atoms with Gasteiger partial charge >= 0.3 is 0 Å². The summed E-state index contributed by atoms with van der Waals surface area (Å²) >= 11 is 0. The number of carbonyl (C=O) groups excluding carboxylic acids is 1. The quantitative estimate of drug-likeness (QED) is 0.751. The van der Waals surface area contributed by atoms with Crippen LogP contribution in [-0.2, 0) is 14.8 Å². The van der Waals surface area contributed by atoms with E-state index in [1.54, 1.807) is 4.31 Å². The van der Waals surface area contributed by atoms with Gasteiger partial charge in [-0.25, -0.2) is 12.7 Å². The van der Waals surface area contributed by atoms with Gasteiger partial charge in [0.15, 0.2) is 0 Å². The minimum atomic E-state index is -3.13. The molecule has 1 amide bonds. The zero-order valence-electron chi connectivity index (χ0n) is 13.5. The third-order valence-corrected chi connectivity index (χ3v) is 6.57. The molecule has 6 nitrogen and oxygen atoms in total. The molecule has 0 saturated carbocycles. The smallest absolute Gasteiger partial charge is 0.223 e. The van der Waals surface area contributed by atoms with E-state index in [9.17, 15) is 13.2 Å². The SMILES string of the molecule is CCCCS(=O)(=O)N1CCC(C(=O)NC2CCCNC2)CC1. The van der Waals surface area contributed by atoms with Gasteiger partial charge in [0.05, 0.1) is 5.75 Å². The van der Waals surface area contributed by atoms with E-state index >= 15 is 0 Å². The lowest BCUT2D eigenvalue weighted by molar-refractivity contribution is -0.126. The van der Waals surface area contributed by atoms with Crippen molar-refractivity contribution in [3.8, 4) is 0 Å². The second kappa shape index (κ2) is 8.26. The fourth-order valence-electron chi connectivity index (χ4n) is 3.15. The molecular formula is C15H29N3O3S. The van der Waals surface area contributed by atoms with E-state index < -0.39 is 10.0 Å². The van der Waals surface area contributed by atoms with E-state index in [-0.39, 0.29) is 23.6 Å². The Bertz CT molecular complexity index is 453. The molecule has 0 bridgehead atoms. The molecule has 128 valence electrons. The van der Waals surface area contributed by atoms with Crippen molar-refractivity contribution in [2.45, 2.75) is 51.5 Å². The van der Waals surface area contributed by atoms with Crippen LogP contribution in [0.1, 0.15) is 45.4 Å². The Morgan fingerprint density at radius 2 is 2.00 bits per heavy atom. The molecule has 0 aromatic carbocycles. The van der Waals surface area contributed by atoms with Gasteiger partial charge in [0, 0.05) is 31.6 Å². The van der Waals surface area contributed by atoms with Crippen LogP contribution in [0.2, 0.25) is 0 Å². The van der Waals surface area contributed by atoms with Crippen LogP contribution in [0.4, 0.5) is 0 Å². The van der Waals surface area contributed by atoms with E-state index in [1.807, 2.05) is 6.92 Å². The number of sulfonamides is 1. The largest absolute Gasteiger partial charge is 0.352 e. The summed E-state index contributed by atoms with van der Waals surface area (Å²) < 4.78 is 25.9. The Kier molecular flexibility index (Phi) is 6.65. The number of unbranched alkanes of at least 4 members (excludes halogenated alkanes) is 1. The van der Waals surface area contributed by atoms with Crippen molar-refractivity contribution < 1.29 is 13.2 Å². The topological polar surface area (TPSA) is 78.5 Å². The summed E-state index contributed by atoms with van der Waals surface area (Å²) in [7, 11) is -3.13. The van der Waals surface area contributed by atoms with Crippen LogP contribution in [0, 0.1) is 5.92 Å². The minimum Gasteiger partial charge on any atom is -0.352 e. The second-order valence-corrected chi connectivity index (χ2v) is 8.48. The van der Waals surface area contributed by atoms with Crippen molar-refractivity contribution in [3.05, 3.63) is 0 Å². The van der Waals surface area contributed by atoms with Gasteiger partial charge in [-0.2, -0.15) is 0 Å². The molecule has 2 N–H and O–H groups in total. The Morgan fingerprint density at radius 1 is 1.27 bits per heavy atom. The van der Waals surface area contributed by atoms with E-state index in [0.717, 1.165) is 32.4 Å². The monoisotopic (exact) mass is 331 g/mol. The number of amides is 1.